The summed E-state index contributed by atoms with van der Waals surface area (Å²) >= 11 is 0. The Balaban J connectivity index is 1.91. The minimum Gasteiger partial charge on any atom is -0.437 e. The molecule has 1 aliphatic carbocycles. The lowest BCUT2D eigenvalue weighted by atomic mass is 10.2. The van der Waals surface area contributed by atoms with Gasteiger partial charge in [-0.3, -0.25) is 4.79 Å². The molecular formula is C20H18F5N3O4S. The quantitative estimate of drug-likeness (QED) is 0.560. The van der Waals surface area contributed by atoms with Gasteiger partial charge >= 0.3 is 0 Å². The molecule has 0 bridgehead atoms. The topological polar surface area (TPSA) is 98.2 Å². The zero-order valence-electron chi connectivity index (χ0n) is 17.3. The van der Waals surface area contributed by atoms with E-state index < -0.39 is 61.8 Å². The fourth-order valence-corrected chi connectivity index (χ4v) is 3.14. The zero-order valence-corrected chi connectivity index (χ0v) is 18.1. The van der Waals surface area contributed by atoms with Crippen LogP contribution in [0.25, 0.3) is 0 Å². The zero-order chi connectivity index (χ0) is 24.6. The van der Waals surface area contributed by atoms with Gasteiger partial charge in [-0.25, -0.2) is 27.2 Å². The molecule has 1 aliphatic rings. The van der Waals surface area contributed by atoms with Gasteiger partial charge in [0.05, 0.1) is 12.2 Å². The molecule has 0 unspecified atom stereocenters. The molecule has 13 heteroatoms. The Kier molecular flexibility index (Phi) is 6.73. The maximum atomic E-state index is 13.9. The average Bonchev–Trinajstić information content (AvgIpc) is 3.54. The van der Waals surface area contributed by atoms with Crippen LogP contribution in [-0.2, 0) is 15.8 Å². The van der Waals surface area contributed by atoms with Gasteiger partial charge in [0.2, 0.25) is 20.9 Å². The number of amides is 1. The molecule has 7 nitrogen and oxygen atoms in total. The van der Waals surface area contributed by atoms with Gasteiger partial charge in [0.15, 0.2) is 23.0 Å². The van der Waals surface area contributed by atoms with E-state index in [4.69, 9.17) is 4.74 Å². The van der Waals surface area contributed by atoms with Crippen molar-refractivity contribution >= 4 is 15.7 Å². The van der Waals surface area contributed by atoms with Gasteiger partial charge in [-0.2, -0.15) is 13.2 Å². The number of hydrogen-bond acceptors (Lipinski definition) is 6. The number of sulfone groups is 1. The first-order valence-electron chi connectivity index (χ1n) is 9.52. The molecule has 1 fully saturated rings. The summed E-state index contributed by atoms with van der Waals surface area (Å²) in [7, 11) is -4.12. The Labute approximate surface area is 185 Å². The van der Waals surface area contributed by atoms with E-state index in [2.05, 4.69) is 15.3 Å². The van der Waals surface area contributed by atoms with Crippen molar-refractivity contribution < 1.29 is 39.9 Å². The predicted octanol–water partition coefficient (Wildman–Crippen LogP) is 4.02. The highest BCUT2D eigenvalue weighted by Crippen LogP contribution is 2.36. The highest BCUT2D eigenvalue weighted by molar-refractivity contribution is 7.94. The van der Waals surface area contributed by atoms with Crippen LogP contribution in [0, 0.1) is 17.6 Å². The molecule has 2 aromatic rings. The SMILES string of the molecule is CC(F)(F)c1ncc(C(=O)N[C@H](/C=C(\F)S(C)(=O)=O)C2CC2)nc1Oc1ccc(F)c(F)c1. The maximum Gasteiger partial charge on any atom is 0.292 e. The van der Waals surface area contributed by atoms with Gasteiger partial charge in [-0.1, -0.05) is 0 Å². The summed E-state index contributed by atoms with van der Waals surface area (Å²) in [5.74, 6) is -8.44. The van der Waals surface area contributed by atoms with E-state index in [-0.39, 0.29) is 11.7 Å². The third-order valence-corrected chi connectivity index (χ3v) is 5.43. The summed E-state index contributed by atoms with van der Waals surface area (Å²) in [4.78, 5) is 19.9. The average molecular weight is 491 g/mol. The van der Waals surface area contributed by atoms with Crippen LogP contribution in [0.1, 0.15) is 35.9 Å². The van der Waals surface area contributed by atoms with E-state index in [0.29, 0.717) is 38.2 Å². The minimum atomic E-state index is -4.12. The van der Waals surface area contributed by atoms with E-state index in [1.807, 2.05) is 0 Å². The number of carbonyl (C=O) groups is 1. The lowest BCUT2D eigenvalue weighted by molar-refractivity contribution is 0.00991. The van der Waals surface area contributed by atoms with Gasteiger partial charge in [0, 0.05) is 19.2 Å². The number of hydrogen-bond donors (Lipinski definition) is 1. The van der Waals surface area contributed by atoms with Crippen LogP contribution < -0.4 is 10.1 Å². The van der Waals surface area contributed by atoms with E-state index >= 15 is 0 Å². The lowest BCUT2D eigenvalue weighted by Crippen LogP contribution is -2.36. The second kappa shape index (κ2) is 9.04. The molecule has 33 heavy (non-hydrogen) atoms. The number of nitrogens with one attached hydrogen (secondary N) is 1. The molecule has 0 spiro atoms. The summed E-state index contributed by atoms with van der Waals surface area (Å²) in [5, 5.41) is 0.967. The molecular weight excluding hydrogens is 473 g/mol. The number of benzene rings is 1. The van der Waals surface area contributed by atoms with Crippen molar-refractivity contribution in [3.63, 3.8) is 0 Å². The first-order chi connectivity index (χ1) is 15.3. The van der Waals surface area contributed by atoms with Crippen LogP contribution in [-0.4, -0.2) is 36.6 Å². The molecule has 1 heterocycles. The summed E-state index contributed by atoms with van der Waals surface area (Å²) in [6, 6.07) is 1.29. The number of ether oxygens (including phenoxy) is 1. The first kappa shape index (κ1) is 24.6. The molecule has 1 atom stereocenters. The fraction of sp³-hybridized carbons (Fsp3) is 0.350. The molecule has 0 aliphatic heterocycles. The number of rotatable bonds is 8. The van der Waals surface area contributed by atoms with Crippen molar-refractivity contribution in [2.45, 2.75) is 31.7 Å². The van der Waals surface area contributed by atoms with Crippen molar-refractivity contribution in [2.24, 2.45) is 5.92 Å². The number of aromatic nitrogens is 2. The minimum absolute atomic E-state index is 0.216. The number of alkyl halides is 2. The first-order valence-corrected chi connectivity index (χ1v) is 11.4. The van der Waals surface area contributed by atoms with Crippen LogP contribution in [0.4, 0.5) is 22.0 Å². The molecule has 1 N–H and O–H groups in total. The van der Waals surface area contributed by atoms with Crippen molar-refractivity contribution in [1.29, 1.82) is 0 Å². The maximum absolute atomic E-state index is 13.9. The Morgan fingerprint density at radius 3 is 2.48 bits per heavy atom. The van der Waals surface area contributed by atoms with Gasteiger partial charge < -0.3 is 10.1 Å². The number of halogens is 5. The Bertz CT molecular complexity index is 1210. The fourth-order valence-electron chi connectivity index (χ4n) is 2.75. The molecule has 1 amide bonds. The highest BCUT2D eigenvalue weighted by atomic mass is 32.2. The number of carbonyl (C=O) groups excluding carboxylic acids is 1. The third kappa shape index (κ3) is 6.24. The van der Waals surface area contributed by atoms with Crippen molar-refractivity contribution in [3.05, 3.63) is 58.7 Å². The van der Waals surface area contributed by atoms with E-state index in [0.717, 1.165) is 18.3 Å². The molecule has 1 aromatic heterocycles. The Morgan fingerprint density at radius 2 is 1.94 bits per heavy atom. The molecule has 1 saturated carbocycles. The number of nitrogens with zero attached hydrogens (tertiary/aromatic N) is 2. The smallest absolute Gasteiger partial charge is 0.292 e. The van der Waals surface area contributed by atoms with Crippen molar-refractivity contribution in [2.75, 3.05) is 6.26 Å². The molecule has 3 rings (SSSR count). The van der Waals surface area contributed by atoms with E-state index in [1.165, 1.54) is 0 Å². The molecule has 0 radical (unpaired) electrons. The highest BCUT2D eigenvalue weighted by Gasteiger charge is 2.35. The summed E-state index contributed by atoms with van der Waals surface area (Å²) in [6.07, 6.45) is 3.37. The largest absolute Gasteiger partial charge is 0.437 e. The molecule has 0 saturated heterocycles. The van der Waals surface area contributed by atoms with Gasteiger partial charge in [-0.05, 0) is 37.0 Å². The van der Waals surface area contributed by atoms with Crippen LogP contribution in [0.2, 0.25) is 0 Å². The predicted molar refractivity (Wildman–Crippen MR) is 106 cm³/mol. The normalized spacial score (nSPS) is 15.8. The van der Waals surface area contributed by atoms with Gasteiger partial charge in [-0.15, -0.1) is 0 Å². The second-order valence-corrected chi connectivity index (χ2v) is 9.49. The second-order valence-electron chi connectivity index (χ2n) is 7.55. The van der Waals surface area contributed by atoms with Crippen LogP contribution >= 0.6 is 0 Å². The van der Waals surface area contributed by atoms with Crippen molar-refractivity contribution in [1.82, 2.24) is 15.3 Å². The summed E-state index contributed by atoms with van der Waals surface area (Å²) in [5.41, 5.74) is -1.47. The van der Waals surface area contributed by atoms with Crippen LogP contribution in [0.15, 0.2) is 35.6 Å². The van der Waals surface area contributed by atoms with Crippen molar-refractivity contribution in [3.8, 4) is 11.6 Å². The van der Waals surface area contributed by atoms with E-state index in [1.54, 1.807) is 0 Å². The van der Waals surface area contributed by atoms with Gasteiger partial charge in [0.25, 0.3) is 11.8 Å². The standard InChI is InChI=1S/C20H18F5N3O4S/c1-20(24,25)17-19(32-11-5-6-12(21)13(22)7-11)28-15(9-26-17)18(29)27-14(10-3-4-10)8-16(23)33(2,30)31/h5-10,14H,3-4H2,1-2H3,(H,27,29)/b16-8+/t14-/m1/s1. The Hall–Kier alpha value is -3.09. The lowest BCUT2D eigenvalue weighted by Gasteiger charge is -2.17. The molecule has 1 aromatic carbocycles. The van der Waals surface area contributed by atoms with E-state index in [9.17, 15) is 35.2 Å². The molecule has 178 valence electrons. The van der Waals surface area contributed by atoms with Gasteiger partial charge in [0.1, 0.15) is 5.75 Å². The monoisotopic (exact) mass is 491 g/mol. The summed E-state index contributed by atoms with van der Waals surface area (Å²) in [6.45, 7) is 0.497. The van der Waals surface area contributed by atoms with Crippen LogP contribution in [0.3, 0.4) is 0 Å². The Morgan fingerprint density at radius 1 is 1.27 bits per heavy atom. The third-order valence-electron chi connectivity index (χ3n) is 4.59. The van der Waals surface area contributed by atoms with Crippen LogP contribution in [0.5, 0.6) is 11.6 Å². The summed E-state index contributed by atoms with van der Waals surface area (Å²) < 4.78 is 96.2.